The van der Waals surface area contributed by atoms with Crippen LogP contribution in [0.15, 0.2) is 66.2 Å². The maximum absolute atomic E-state index is 13.2. The van der Waals surface area contributed by atoms with Crippen LogP contribution >= 0.6 is 11.6 Å². The van der Waals surface area contributed by atoms with Gasteiger partial charge in [-0.05, 0) is 61.4 Å². The molecule has 0 saturated carbocycles. The average molecular weight is 579 g/mol. The maximum Gasteiger partial charge on any atom is 0.335 e. The van der Waals surface area contributed by atoms with E-state index >= 15 is 0 Å². The molecule has 13 heteroatoms. The first-order valence-corrected chi connectivity index (χ1v) is 12.6. The number of urea groups is 1. The van der Waals surface area contributed by atoms with Crippen molar-refractivity contribution < 1.29 is 33.6 Å². The van der Waals surface area contributed by atoms with Gasteiger partial charge in [-0.1, -0.05) is 29.8 Å². The molecule has 1 saturated heterocycles. The van der Waals surface area contributed by atoms with Gasteiger partial charge in [0.05, 0.1) is 22.2 Å². The van der Waals surface area contributed by atoms with Gasteiger partial charge < -0.3 is 14.8 Å². The minimum atomic E-state index is -1.06. The lowest BCUT2D eigenvalue weighted by Crippen LogP contribution is -2.54. The quantitative estimate of drug-likeness (QED) is 0.161. The minimum Gasteiger partial charge on any atom is -0.490 e. The van der Waals surface area contributed by atoms with E-state index in [-0.39, 0.29) is 46.7 Å². The maximum atomic E-state index is 13.2. The number of nitrogens with zero attached hydrogens (tertiary/aromatic N) is 2. The molecule has 1 aliphatic rings. The van der Waals surface area contributed by atoms with E-state index in [1.165, 1.54) is 36.4 Å². The Balaban J connectivity index is 1.59. The Morgan fingerprint density at radius 1 is 1.10 bits per heavy atom. The molecule has 0 radical (unpaired) electrons. The number of non-ortho nitro benzene ring substituents is 1. The zero-order valence-corrected chi connectivity index (χ0v) is 22.6. The zero-order chi connectivity index (χ0) is 29.7. The van der Waals surface area contributed by atoms with Gasteiger partial charge in [0, 0.05) is 17.8 Å². The normalized spacial score (nSPS) is 14.1. The summed E-state index contributed by atoms with van der Waals surface area (Å²) in [7, 11) is 0. The van der Waals surface area contributed by atoms with Gasteiger partial charge >= 0.3 is 6.03 Å². The van der Waals surface area contributed by atoms with E-state index < -0.39 is 34.2 Å². The molecular weight excluding hydrogens is 556 g/mol. The first-order valence-electron chi connectivity index (χ1n) is 12.2. The second kappa shape index (κ2) is 12.3. The summed E-state index contributed by atoms with van der Waals surface area (Å²) in [4.78, 5) is 61.8. The Kier molecular flexibility index (Phi) is 8.63. The van der Waals surface area contributed by atoms with Gasteiger partial charge in [-0.3, -0.25) is 29.8 Å². The Morgan fingerprint density at radius 3 is 2.56 bits per heavy atom. The van der Waals surface area contributed by atoms with Crippen LogP contribution < -0.4 is 25.0 Å². The van der Waals surface area contributed by atoms with Crippen LogP contribution in [0.3, 0.4) is 0 Å². The number of carbonyl (C=O) groups is 4. The molecule has 1 fully saturated rings. The first kappa shape index (κ1) is 28.8. The fourth-order valence-electron chi connectivity index (χ4n) is 3.94. The number of halogens is 1. The molecule has 0 aromatic heterocycles. The summed E-state index contributed by atoms with van der Waals surface area (Å²) in [6.45, 7) is 3.44. The smallest absolute Gasteiger partial charge is 0.335 e. The van der Waals surface area contributed by atoms with Crippen LogP contribution in [0.5, 0.6) is 11.5 Å². The molecule has 1 heterocycles. The van der Waals surface area contributed by atoms with Gasteiger partial charge in [-0.25, -0.2) is 9.69 Å². The van der Waals surface area contributed by atoms with Crippen molar-refractivity contribution >= 4 is 58.5 Å². The third-order valence-corrected chi connectivity index (χ3v) is 5.97. The molecule has 5 amide bonds. The van der Waals surface area contributed by atoms with Gasteiger partial charge in [0.1, 0.15) is 5.57 Å². The van der Waals surface area contributed by atoms with Gasteiger partial charge in [-0.2, -0.15) is 0 Å². The molecule has 0 atom stereocenters. The van der Waals surface area contributed by atoms with Crippen molar-refractivity contribution in [3.8, 4) is 11.5 Å². The molecular formula is C28H23ClN4O8. The fraction of sp³-hybridized carbons (Fsp3) is 0.143. The van der Waals surface area contributed by atoms with Crippen LogP contribution in [0.1, 0.15) is 18.1 Å². The van der Waals surface area contributed by atoms with Crippen molar-refractivity contribution in [1.82, 2.24) is 5.32 Å². The van der Waals surface area contributed by atoms with E-state index in [0.29, 0.717) is 10.6 Å². The molecule has 0 unspecified atom stereocenters. The second-order valence-corrected chi connectivity index (χ2v) is 9.11. The SMILES string of the molecule is CCOc1cc(/C=C2\C(=O)NC(=O)N(c3cccc([N+](=O)[O-])c3)C2=O)cc(Cl)c1OCC(=O)Nc1cccc(C)c1. The number of aryl methyl sites for hydroxylation is 1. The predicted molar refractivity (Wildman–Crippen MR) is 150 cm³/mol. The number of hydrogen-bond donors (Lipinski definition) is 2. The highest BCUT2D eigenvalue weighted by Crippen LogP contribution is 2.38. The number of nitrogens with one attached hydrogen (secondary N) is 2. The van der Waals surface area contributed by atoms with Crippen LogP contribution in [0.4, 0.5) is 21.9 Å². The number of benzene rings is 3. The first-order chi connectivity index (χ1) is 19.6. The summed E-state index contributed by atoms with van der Waals surface area (Å²) in [6.07, 6.45) is 1.19. The Hall–Kier alpha value is -5.23. The van der Waals surface area contributed by atoms with Gasteiger partial charge in [0.2, 0.25) is 0 Å². The molecule has 1 aliphatic heterocycles. The number of imide groups is 2. The van der Waals surface area contributed by atoms with Crippen LogP contribution in [0.2, 0.25) is 5.02 Å². The van der Waals surface area contributed by atoms with Crippen molar-refractivity contribution in [2.24, 2.45) is 0 Å². The molecule has 0 aliphatic carbocycles. The zero-order valence-electron chi connectivity index (χ0n) is 21.8. The van der Waals surface area contributed by atoms with Crippen molar-refractivity contribution in [3.63, 3.8) is 0 Å². The molecule has 2 N–H and O–H groups in total. The molecule has 3 aromatic rings. The summed E-state index contributed by atoms with van der Waals surface area (Å²) in [6, 6.07) is 13.9. The third kappa shape index (κ3) is 6.68. The number of hydrogen-bond acceptors (Lipinski definition) is 8. The number of ether oxygens (including phenoxy) is 2. The number of barbiturate groups is 1. The Bertz CT molecular complexity index is 1600. The number of nitro benzene ring substituents is 1. The standard InChI is InChI=1S/C28H23ClN4O8/c1-3-40-23-13-17(12-22(29)25(23)41-15-24(34)30-18-7-4-6-16(2)10-18)11-21-26(35)31-28(37)32(27(21)36)19-8-5-9-20(14-19)33(38)39/h4-14H,3,15H2,1-2H3,(H,30,34)(H,31,35,37)/b21-11+. The largest absolute Gasteiger partial charge is 0.490 e. The lowest BCUT2D eigenvalue weighted by molar-refractivity contribution is -0.384. The molecule has 12 nitrogen and oxygen atoms in total. The highest BCUT2D eigenvalue weighted by Gasteiger charge is 2.37. The van der Waals surface area contributed by atoms with Crippen LogP contribution in [-0.4, -0.2) is 41.9 Å². The van der Waals surface area contributed by atoms with Gasteiger partial charge in [0.25, 0.3) is 23.4 Å². The second-order valence-electron chi connectivity index (χ2n) is 8.70. The van der Waals surface area contributed by atoms with E-state index in [1.54, 1.807) is 25.1 Å². The summed E-state index contributed by atoms with van der Waals surface area (Å²) < 4.78 is 11.3. The molecule has 0 bridgehead atoms. The Labute approximate surface area is 238 Å². The lowest BCUT2D eigenvalue weighted by atomic mass is 10.1. The highest BCUT2D eigenvalue weighted by molar-refractivity contribution is 6.39. The number of amides is 5. The van der Waals surface area contributed by atoms with E-state index in [4.69, 9.17) is 21.1 Å². The summed E-state index contributed by atoms with van der Waals surface area (Å²) in [5.74, 6) is -2.19. The predicted octanol–water partition coefficient (Wildman–Crippen LogP) is 4.64. The summed E-state index contributed by atoms with van der Waals surface area (Å²) in [5.41, 5.74) is 0.952. The molecule has 41 heavy (non-hydrogen) atoms. The minimum absolute atomic E-state index is 0.0291. The van der Waals surface area contributed by atoms with E-state index in [0.717, 1.165) is 11.6 Å². The molecule has 4 rings (SSSR count). The van der Waals surface area contributed by atoms with Crippen molar-refractivity contribution in [1.29, 1.82) is 0 Å². The van der Waals surface area contributed by atoms with Gasteiger partial charge in [-0.15, -0.1) is 0 Å². The van der Waals surface area contributed by atoms with Crippen LogP contribution in [0, 0.1) is 17.0 Å². The van der Waals surface area contributed by atoms with E-state index in [9.17, 15) is 29.3 Å². The lowest BCUT2D eigenvalue weighted by Gasteiger charge is -2.26. The molecule has 0 spiro atoms. The fourth-order valence-corrected chi connectivity index (χ4v) is 4.21. The highest BCUT2D eigenvalue weighted by atomic mass is 35.5. The van der Waals surface area contributed by atoms with Crippen LogP contribution in [-0.2, 0) is 14.4 Å². The van der Waals surface area contributed by atoms with Gasteiger partial charge in [0.15, 0.2) is 18.1 Å². The molecule has 3 aromatic carbocycles. The van der Waals surface area contributed by atoms with Crippen molar-refractivity contribution in [2.75, 3.05) is 23.4 Å². The van der Waals surface area contributed by atoms with E-state index in [1.807, 2.05) is 13.0 Å². The van der Waals surface area contributed by atoms with Crippen LogP contribution in [0.25, 0.3) is 6.08 Å². The summed E-state index contributed by atoms with van der Waals surface area (Å²) in [5, 5.41) is 16.0. The molecule has 210 valence electrons. The number of rotatable bonds is 9. The Morgan fingerprint density at radius 2 is 1.85 bits per heavy atom. The monoisotopic (exact) mass is 578 g/mol. The van der Waals surface area contributed by atoms with Crippen molar-refractivity contribution in [2.45, 2.75) is 13.8 Å². The number of nitro groups is 1. The van der Waals surface area contributed by atoms with E-state index in [2.05, 4.69) is 10.6 Å². The summed E-state index contributed by atoms with van der Waals surface area (Å²) >= 11 is 6.44. The third-order valence-electron chi connectivity index (χ3n) is 5.69. The number of carbonyl (C=O) groups excluding carboxylic acids is 4. The van der Waals surface area contributed by atoms with Crippen molar-refractivity contribution in [3.05, 3.63) is 92.5 Å². The average Bonchev–Trinajstić information content (AvgIpc) is 2.91. The number of anilines is 2. The topological polar surface area (TPSA) is 157 Å².